The van der Waals surface area contributed by atoms with E-state index in [0.717, 1.165) is 18.2 Å². The van der Waals surface area contributed by atoms with Gasteiger partial charge in [-0.05, 0) is 35.4 Å². The third-order valence-electron chi connectivity index (χ3n) is 5.56. The Balaban J connectivity index is 1.60. The van der Waals surface area contributed by atoms with Crippen LogP contribution in [0, 0.1) is 11.3 Å². The monoisotopic (exact) mass is 499 g/mol. The second-order valence-electron chi connectivity index (χ2n) is 7.78. The van der Waals surface area contributed by atoms with Crippen LogP contribution in [0.3, 0.4) is 0 Å². The van der Waals surface area contributed by atoms with Crippen LogP contribution in [0.15, 0.2) is 48.5 Å². The normalized spacial score (nSPS) is 21.6. The van der Waals surface area contributed by atoms with Gasteiger partial charge in [0, 0.05) is 15.6 Å². The van der Waals surface area contributed by atoms with Gasteiger partial charge in [-0.3, -0.25) is 15.1 Å². The maximum absolute atomic E-state index is 15.1. The van der Waals surface area contributed by atoms with Crippen molar-refractivity contribution in [1.29, 1.82) is 5.26 Å². The van der Waals surface area contributed by atoms with E-state index in [-0.39, 0.29) is 46.4 Å². The summed E-state index contributed by atoms with van der Waals surface area (Å²) in [4.78, 5) is 17.9. The SMILES string of the molecule is N#CCC(=O)N1CC(F)(c2ccc(C3=CC(c4cc(Cl)cc(Cl)c4)(C(F)(F)F)ON3)cc2)C1. The van der Waals surface area contributed by atoms with Gasteiger partial charge in [-0.15, -0.1) is 0 Å². The summed E-state index contributed by atoms with van der Waals surface area (Å²) in [7, 11) is 0. The Kier molecular flexibility index (Phi) is 5.81. The van der Waals surface area contributed by atoms with E-state index < -0.39 is 23.4 Å². The van der Waals surface area contributed by atoms with Crippen LogP contribution in [0.25, 0.3) is 5.70 Å². The van der Waals surface area contributed by atoms with E-state index in [1.54, 1.807) is 6.07 Å². The average Bonchev–Trinajstić information content (AvgIpc) is 3.18. The molecule has 1 unspecified atom stereocenters. The van der Waals surface area contributed by atoms with E-state index in [4.69, 9.17) is 33.3 Å². The van der Waals surface area contributed by atoms with Crippen LogP contribution >= 0.6 is 23.2 Å². The van der Waals surface area contributed by atoms with Crippen molar-refractivity contribution in [2.24, 2.45) is 0 Å². The number of hydroxylamine groups is 1. The second-order valence-corrected chi connectivity index (χ2v) is 8.65. The number of benzene rings is 2. The number of likely N-dealkylation sites (tertiary alicyclic amines) is 1. The summed E-state index contributed by atoms with van der Waals surface area (Å²) in [5.41, 5.74) is -1.97. The molecule has 0 spiro atoms. The second kappa shape index (κ2) is 8.20. The van der Waals surface area contributed by atoms with E-state index in [1.165, 1.54) is 35.2 Å². The maximum atomic E-state index is 15.1. The third kappa shape index (κ3) is 4.14. The summed E-state index contributed by atoms with van der Waals surface area (Å²) < 4.78 is 57.3. The molecule has 1 saturated heterocycles. The van der Waals surface area contributed by atoms with Gasteiger partial charge in [-0.2, -0.15) is 18.4 Å². The van der Waals surface area contributed by atoms with Crippen LogP contribution < -0.4 is 5.48 Å². The Morgan fingerprint density at radius 2 is 1.73 bits per heavy atom. The molecule has 1 amide bonds. The van der Waals surface area contributed by atoms with Gasteiger partial charge in [0.2, 0.25) is 11.5 Å². The zero-order valence-corrected chi connectivity index (χ0v) is 18.2. The standard InChI is InChI=1S/C22H15Cl2F4N3O2/c23-16-7-15(8-17(24)9-16)21(22(26,27)28)10-18(30-33-21)13-1-3-14(4-2-13)20(25)11-31(12-20)19(32)5-6-29/h1-4,7-10,30H,5,11-12H2. The molecule has 0 aliphatic carbocycles. The summed E-state index contributed by atoms with van der Waals surface area (Å²) in [6.45, 7) is -0.382. The Labute approximate surface area is 196 Å². The molecule has 1 atom stereocenters. The molecule has 4 rings (SSSR count). The van der Waals surface area contributed by atoms with Gasteiger partial charge in [0.15, 0.2) is 5.67 Å². The highest BCUT2D eigenvalue weighted by Crippen LogP contribution is 2.48. The van der Waals surface area contributed by atoms with Crippen molar-refractivity contribution < 1.29 is 27.2 Å². The lowest BCUT2D eigenvalue weighted by atomic mass is 9.86. The molecule has 2 heterocycles. The molecular formula is C22H15Cl2F4N3O2. The number of carbonyl (C=O) groups is 1. The van der Waals surface area contributed by atoms with Gasteiger partial charge in [0.05, 0.1) is 24.9 Å². The number of hydrogen-bond donors (Lipinski definition) is 1. The molecule has 33 heavy (non-hydrogen) atoms. The first-order valence-electron chi connectivity index (χ1n) is 9.62. The largest absolute Gasteiger partial charge is 0.428 e. The number of carbonyl (C=O) groups excluding carboxylic acids is 1. The van der Waals surface area contributed by atoms with E-state index >= 15 is 4.39 Å². The molecule has 0 aromatic heterocycles. The number of nitrogens with zero attached hydrogens (tertiary/aromatic N) is 2. The van der Waals surface area contributed by atoms with Crippen molar-refractivity contribution in [3.05, 3.63) is 75.3 Å². The van der Waals surface area contributed by atoms with Crippen molar-refractivity contribution in [2.75, 3.05) is 13.1 Å². The molecular weight excluding hydrogens is 485 g/mol. The number of nitrogens with one attached hydrogen (secondary N) is 1. The molecule has 5 nitrogen and oxygen atoms in total. The first-order chi connectivity index (χ1) is 15.5. The van der Waals surface area contributed by atoms with Crippen LogP contribution in [0.2, 0.25) is 10.0 Å². The Morgan fingerprint density at radius 3 is 2.27 bits per heavy atom. The van der Waals surface area contributed by atoms with Crippen molar-refractivity contribution in [3.63, 3.8) is 0 Å². The minimum Gasteiger partial charge on any atom is -0.335 e. The maximum Gasteiger partial charge on any atom is 0.428 e. The highest BCUT2D eigenvalue weighted by atomic mass is 35.5. The summed E-state index contributed by atoms with van der Waals surface area (Å²) in [6.07, 6.45) is -4.29. The summed E-state index contributed by atoms with van der Waals surface area (Å²) in [5.74, 6) is -0.454. The first kappa shape index (κ1) is 23.4. The van der Waals surface area contributed by atoms with Crippen molar-refractivity contribution in [2.45, 2.75) is 23.9 Å². The number of hydrogen-bond acceptors (Lipinski definition) is 4. The van der Waals surface area contributed by atoms with Gasteiger partial charge < -0.3 is 4.90 Å². The quantitative estimate of drug-likeness (QED) is 0.583. The predicted molar refractivity (Wildman–Crippen MR) is 112 cm³/mol. The molecule has 2 aliphatic heterocycles. The van der Waals surface area contributed by atoms with Crippen LogP contribution in [0.1, 0.15) is 23.1 Å². The molecule has 11 heteroatoms. The van der Waals surface area contributed by atoms with Gasteiger partial charge in [-0.1, -0.05) is 47.5 Å². The zero-order valence-electron chi connectivity index (χ0n) is 16.7. The summed E-state index contributed by atoms with van der Waals surface area (Å²) >= 11 is 11.8. The molecule has 1 N–H and O–H groups in total. The number of amides is 1. The van der Waals surface area contributed by atoms with Gasteiger partial charge in [0.25, 0.3) is 0 Å². The fourth-order valence-electron chi connectivity index (χ4n) is 3.80. The minimum atomic E-state index is -4.84. The van der Waals surface area contributed by atoms with Crippen molar-refractivity contribution >= 4 is 34.8 Å². The molecule has 2 aromatic rings. The van der Waals surface area contributed by atoms with Crippen LogP contribution in [0.5, 0.6) is 0 Å². The molecule has 0 saturated carbocycles. The molecule has 2 aliphatic rings. The highest BCUT2D eigenvalue weighted by molar-refractivity contribution is 6.34. The molecule has 172 valence electrons. The van der Waals surface area contributed by atoms with Crippen molar-refractivity contribution in [3.8, 4) is 6.07 Å². The number of nitriles is 1. The lowest BCUT2D eigenvalue weighted by Gasteiger charge is -2.44. The average molecular weight is 500 g/mol. The number of alkyl halides is 4. The fraction of sp³-hybridized carbons (Fsp3) is 0.273. The summed E-state index contributed by atoms with van der Waals surface area (Å²) in [5, 5.41) is 8.62. The Hall–Kier alpha value is -2.80. The molecule has 1 fully saturated rings. The van der Waals surface area contributed by atoms with Crippen LogP contribution in [-0.4, -0.2) is 30.1 Å². The number of rotatable bonds is 4. The van der Waals surface area contributed by atoms with E-state index in [2.05, 4.69) is 5.48 Å². The predicted octanol–water partition coefficient (Wildman–Crippen LogP) is 5.25. The van der Waals surface area contributed by atoms with Crippen LogP contribution in [-0.2, 0) is 20.9 Å². The zero-order chi connectivity index (χ0) is 24.0. The first-order valence-corrected chi connectivity index (χ1v) is 10.4. The fourth-order valence-corrected chi connectivity index (χ4v) is 4.33. The van der Waals surface area contributed by atoms with Gasteiger partial charge >= 0.3 is 6.18 Å². The molecule has 0 radical (unpaired) electrons. The topological polar surface area (TPSA) is 65.4 Å². The Bertz CT molecular complexity index is 1150. The third-order valence-corrected chi connectivity index (χ3v) is 6.00. The lowest BCUT2D eigenvalue weighted by Crippen LogP contribution is -2.58. The molecule has 2 aromatic carbocycles. The van der Waals surface area contributed by atoms with Crippen LogP contribution in [0.4, 0.5) is 17.6 Å². The summed E-state index contributed by atoms with van der Waals surface area (Å²) in [6, 6.07) is 11.1. The minimum absolute atomic E-state index is 0.0203. The van der Waals surface area contributed by atoms with Gasteiger partial charge in [-0.25, -0.2) is 4.39 Å². The van der Waals surface area contributed by atoms with Crippen molar-refractivity contribution in [1.82, 2.24) is 10.4 Å². The van der Waals surface area contributed by atoms with E-state index in [9.17, 15) is 18.0 Å². The molecule has 0 bridgehead atoms. The Morgan fingerprint density at radius 1 is 1.12 bits per heavy atom. The number of halogens is 6. The lowest BCUT2D eigenvalue weighted by molar-refractivity contribution is -0.269. The van der Waals surface area contributed by atoms with Gasteiger partial charge in [0.1, 0.15) is 6.42 Å². The van der Waals surface area contributed by atoms with E-state index in [0.29, 0.717) is 5.56 Å². The highest BCUT2D eigenvalue weighted by Gasteiger charge is 2.59. The smallest absolute Gasteiger partial charge is 0.335 e. The van der Waals surface area contributed by atoms with E-state index in [1.807, 2.05) is 0 Å².